The molecular weight excluding hydrogens is 186 g/mol. The van der Waals surface area contributed by atoms with Crippen molar-refractivity contribution in [1.29, 1.82) is 0 Å². The highest BCUT2D eigenvalue weighted by atomic mass is 33.1. The van der Waals surface area contributed by atoms with Crippen molar-refractivity contribution in [1.82, 2.24) is 4.72 Å². The average molecular weight is 199 g/mol. The zero-order chi connectivity index (χ0) is 8.65. The molecule has 0 aliphatic heterocycles. The largest absolute Gasteiger partial charge is 0.255 e. The monoisotopic (exact) mass is 199 g/mol. The van der Waals surface area contributed by atoms with Crippen LogP contribution >= 0.6 is 21.8 Å². The summed E-state index contributed by atoms with van der Waals surface area (Å²) in [6, 6.07) is 10.5. The van der Waals surface area contributed by atoms with Crippen molar-refractivity contribution in [2.24, 2.45) is 0 Å². The molecule has 0 aliphatic carbocycles. The van der Waals surface area contributed by atoms with E-state index in [0.29, 0.717) is 0 Å². The Morgan fingerprint density at radius 2 is 2.00 bits per heavy atom. The van der Waals surface area contributed by atoms with Crippen LogP contribution < -0.4 is 4.72 Å². The highest BCUT2D eigenvalue weighted by Crippen LogP contribution is 2.22. The van der Waals surface area contributed by atoms with Crippen LogP contribution in [0.15, 0.2) is 30.3 Å². The van der Waals surface area contributed by atoms with Crippen LogP contribution in [0.4, 0.5) is 0 Å². The Hall–Kier alpha value is -0.120. The molecule has 1 nitrogen and oxygen atoms in total. The molecule has 0 aromatic heterocycles. The molecule has 1 rings (SSSR count). The lowest BCUT2D eigenvalue weighted by atomic mass is 10.2. The molecule has 0 heterocycles. The van der Waals surface area contributed by atoms with E-state index in [1.807, 2.05) is 16.9 Å². The van der Waals surface area contributed by atoms with E-state index in [4.69, 9.17) is 0 Å². The van der Waals surface area contributed by atoms with E-state index >= 15 is 0 Å². The second kappa shape index (κ2) is 6.40. The van der Waals surface area contributed by atoms with Crippen molar-refractivity contribution in [3.05, 3.63) is 35.9 Å². The van der Waals surface area contributed by atoms with Crippen molar-refractivity contribution in [3.8, 4) is 0 Å². The lowest BCUT2D eigenvalue weighted by Gasteiger charge is -1.99. The van der Waals surface area contributed by atoms with Gasteiger partial charge in [-0.1, -0.05) is 48.0 Å². The first-order valence-corrected chi connectivity index (χ1v) is 6.30. The molecule has 0 atom stereocenters. The van der Waals surface area contributed by atoms with Crippen molar-refractivity contribution in [3.63, 3.8) is 0 Å². The second-order valence-corrected chi connectivity index (χ2v) is 4.52. The molecule has 12 heavy (non-hydrogen) atoms. The summed E-state index contributed by atoms with van der Waals surface area (Å²) in [5.41, 5.74) is 1.38. The second-order valence-electron chi connectivity index (χ2n) is 2.33. The van der Waals surface area contributed by atoms with Gasteiger partial charge in [-0.2, -0.15) is 0 Å². The summed E-state index contributed by atoms with van der Waals surface area (Å²) in [6.45, 7) is 3.13. The molecule has 0 radical (unpaired) electrons. The fourth-order valence-corrected chi connectivity index (χ4v) is 2.55. The van der Waals surface area contributed by atoms with Crippen LogP contribution in [0.3, 0.4) is 0 Å². The lowest BCUT2D eigenvalue weighted by Crippen LogP contribution is -1.97. The van der Waals surface area contributed by atoms with Gasteiger partial charge in [0.15, 0.2) is 0 Å². The number of hydrogen-bond acceptors (Lipinski definition) is 3. The van der Waals surface area contributed by atoms with Crippen LogP contribution in [0.2, 0.25) is 0 Å². The summed E-state index contributed by atoms with van der Waals surface area (Å²) >= 11 is 0. The first-order valence-electron chi connectivity index (χ1n) is 3.98. The van der Waals surface area contributed by atoms with Gasteiger partial charge in [0.2, 0.25) is 0 Å². The van der Waals surface area contributed by atoms with E-state index in [2.05, 4.69) is 35.9 Å². The maximum atomic E-state index is 3.20. The van der Waals surface area contributed by atoms with Gasteiger partial charge in [0.25, 0.3) is 0 Å². The number of hydrogen-bond donors (Lipinski definition) is 1. The smallest absolute Gasteiger partial charge is 0.0301 e. The first kappa shape index (κ1) is 9.96. The molecular formula is C9H13NS2. The molecule has 1 N–H and O–H groups in total. The number of rotatable bonds is 5. The molecule has 0 saturated heterocycles. The molecule has 0 amide bonds. The van der Waals surface area contributed by atoms with Gasteiger partial charge in [-0.25, -0.2) is 0 Å². The van der Waals surface area contributed by atoms with Crippen molar-refractivity contribution < 1.29 is 0 Å². The Kier molecular flexibility index (Phi) is 5.32. The molecule has 0 aliphatic rings. The molecule has 66 valence electrons. The number of benzene rings is 1. The third-order valence-electron chi connectivity index (χ3n) is 1.33. The van der Waals surface area contributed by atoms with Crippen LogP contribution in [0.1, 0.15) is 12.5 Å². The molecule has 1 aromatic carbocycles. The number of nitrogens with one attached hydrogen (secondary N) is 1. The predicted molar refractivity (Wildman–Crippen MR) is 59.0 cm³/mol. The first-order chi connectivity index (χ1) is 5.93. The fourth-order valence-electron chi connectivity index (χ4n) is 0.772. The maximum absolute atomic E-state index is 3.20. The highest BCUT2D eigenvalue weighted by molar-refractivity contribution is 8.75. The van der Waals surface area contributed by atoms with Crippen molar-refractivity contribution in [2.75, 3.05) is 6.54 Å². The minimum Gasteiger partial charge on any atom is -0.255 e. The minimum atomic E-state index is 1.02. The van der Waals surface area contributed by atoms with E-state index in [9.17, 15) is 0 Å². The Labute approximate surface area is 81.9 Å². The summed E-state index contributed by atoms with van der Waals surface area (Å²) in [7, 11) is 3.55. The van der Waals surface area contributed by atoms with E-state index in [1.54, 1.807) is 11.0 Å². The third-order valence-corrected chi connectivity index (χ3v) is 3.37. The van der Waals surface area contributed by atoms with Crippen molar-refractivity contribution in [2.45, 2.75) is 12.7 Å². The summed E-state index contributed by atoms with van der Waals surface area (Å²) in [5.74, 6) is 1.07. The summed E-state index contributed by atoms with van der Waals surface area (Å²) < 4.78 is 3.20. The summed E-state index contributed by atoms with van der Waals surface area (Å²) in [4.78, 5) is 0. The summed E-state index contributed by atoms with van der Waals surface area (Å²) in [6.07, 6.45) is 0. The molecule has 0 unspecified atom stereocenters. The van der Waals surface area contributed by atoms with Gasteiger partial charge < -0.3 is 0 Å². The van der Waals surface area contributed by atoms with Gasteiger partial charge in [-0.3, -0.25) is 4.72 Å². The van der Waals surface area contributed by atoms with Crippen LogP contribution in [0, 0.1) is 0 Å². The van der Waals surface area contributed by atoms with Gasteiger partial charge in [-0.15, -0.1) is 0 Å². The van der Waals surface area contributed by atoms with Gasteiger partial charge in [-0.05, 0) is 16.5 Å². The van der Waals surface area contributed by atoms with E-state index in [1.165, 1.54) is 5.56 Å². The fraction of sp³-hybridized carbons (Fsp3) is 0.333. The molecule has 0 bridgehead atoms. The lowest BCUT2D eigenvalue weighted by molar-refractivity contribution is 1.04. The molecule has 0 saturated carbocycles. The van der Waals surface area contributed by atoms with Gasteiger partial charge in [0.05, 0.1) is 0 Å². The molecule has 0 fully saturated rings. The van der Waals surface area contributed by atoms with E-state index < -0.39 is 0 Å². The molecule has 3 heteroatoms. The van der Waals surface area contributed by atoms with Crippen LogP contribution in [-0.2, 0) is 5.75 Å². The molecule has 1 aromatic rings. The Bertz CT molecular complexity index is 201. The Morgan fingerprint density at radius 1 is 1.25 bits per heavy atom. The maximum Gasteiger partial charge on any atom is 0.0301 e. The van der Waals surface area contributed by atoms with Gasteiger partial charge in [0, 0.05) is 12.3 Å². The zero-order valence-corrected chi connectivity index (χ0v) is 8.75. The average Bonchev–Trinajstić information content (AvgIpc) is 2.14. The minimum absolute atomic E-state index is 1.02. The topological polar surface area (TPSA) is 12.0 Å². The van der Waals surface area contributed by atoms with E-state index in [0.717, 1.165) is 12.3 Å². The normalized spacial score (nSPS) is 10.1. The van der Waals surface area contributed by atoms with Crippen LogP contribution in [0.25, 0.3) is 0 Å². The zero-order valence-electron chi connectivity index (χ0n) is 7.12. The molecule has 0 spiro atoms. The highest BCUT2D eigenvalue weighted by Gasteiger charge is 1.90. The summed E-state index contributed by atoms with van der Waals surface area (Å²) in [5, 5.41) is 0. The third kappa shape index (κ3) is 4.04. The SMILES string of the molecule is CCNSSCc1ccccc1. The quantitative estimate of drug-likeness (QED) is 0.444. The van der Waals surface area contributed by atoms with E-state index in [-0.39, 0.29) is 0 Å². The Morgan fingerprint density at radius 3 is 2.67 bits per heavy atom. The van der Waals surface area contributed by atoms with Crippen molar-refractivity contribution >= 4 is 21.8 Å². The van der Waals surface area contributed by atoms with Crippen LogP contribution in [-0.4, -0.2) is 6.54 Å². The van der Waals surface area contributed by atoms with Crippen LogP contribution in [0.5, 0.6) is 0 Å². The standard InChI is InChI=1S/C9H13NS2/c1-2-10-12-11-8-9-6-4-3-5-7-9/h3-7,10H,2,8H2,1H3. The Balaban J connectivity index is 2.16. The predicted octanol–water partition coefficient (Wildman–Crippen LogP) is 3.09. The van der Waals surface area contributed by atoms with Gasteiger partial charge >= 0.3 is 0 Å². The van der Waals surface area contributed by atoms with Gasteiger partial charge in [0.1, 0.15) is 0 Å².